The van der Waals surface area contributed by atoms with Crippen LogP contribution in [0.1, 0.15) is 21.5 Å². The molecule has 122 valence electrons. The molecule has 0 aliphatic carbocycles. The Morgan fingerprint density at radius 2 is 1.62 bits per heavy atom. The molecular weight excluding hydrogens is 310 g/mol. The third-order valence-electron chi connectivity index (χ3n) is 3.04. The van der Waals surface area contributed by atoms with Gasteiger partial charge < -0.3 is 10.4 Å². The number of carbonyl (C=O) groups is 3. The fraction of sp³-hybridized carbons (Fsp3) is 0.0588. The number of carboxylic acids is 1. The number of aromatic carboxylic acids is 1. The van der Waals surface area contributed by atoms with E-state index < -0.39 is 17.8 Å². The van der Waals surface area contributed by atoms with Gasteiger partial charge >= 0.3 is 17.8 Å². The Morgan fingerprint density at radius 3 is 2.25 bits per heavy atom. The van der Waals surface area contributed by atoms with Crippen molar-refractivity contribution >= 4 is 24.0 Å². The van der Waals surface area contributed by atoms with E-state index in [2.05, 4.69) is 15.8 Å². The molecule has 24 heavy (non-hydrogen) atoms. The van der Waals surface area contributed by atoms with Crippen molar-refractivity contribution in [2.24, 2.45) is 5.10 Å². The quantitative estimate of drug-likeness (QED) is 0.435. The molecule has 0 saturated heterocycles. The number of hydrogen-bond acceptors (Lipinski definition) is 4. The zero-order valence-corrected chi connectivity index (χ0v) is 12.6. The van der Waals surface area contributed by atoms with Crippen LogP contribution < -0.4 is 10.7 Å². The summed E-state index contributed by atoms with van der Waals surface area (Å²) in [6, 6.07) is 15.1. The summed E-state index contributed by atoms with van der Waals surface area (Å²) >= 11 is 0. The van der Waals surface area contributed by atoms with Crippen LogP contribution in [0.25, 0.3) is 0 Å². The van der Waals surface area contributed by atoms with Crippen molar-refractivity contribution in [1.82, 2.24) is 10.7 Å². The molecule has 0 radical (unpaired) electrons. The molecule has 2 rings (SSSR count). The fourth-order valence-electron chi connectivity index (χ4n) is 1.79. The maximum atomic E-state index is 11.6. The summed E-state index contributed by atoms with van der Waals surface area (Å²) in [6.45, 7) is 0.244. The third kappa shape index (κ3) is 5.06. The highest BCUT2D eigenvalue weighted by atomic mass is 16.4. The first-order valence-electron chi connectivity index (χ1n) is 7.05. The Morgan fingerprint density at radius 1 is 0.958 bits per heavy atom. The van der Waals surface area contributed by atoms with Crippen molar-refractivity contribution in [2.45, 2.75) is 6.54 Å². The van der Waals surface area contributed by atoms with Crippen LogP contribution >= 0.6 is 0 Å². The van der Waals surface area contributed by atoms with Crippen molar-refractivity contribution in [1.29, 1.82) is 0 Å². The Bertz CT molecular complexity index is 755. The summed E-state index contributed by atoms with van der Waals surface area (Å²) in [6.07, 6.45) is 1.31. The van der Waals surface area contributed by atoms with Gasteiger partial charge in [-0.1, -0.05) is 42.5 Å². The number of carbonyl (C=O) groups excluding carboxylic acids is 2. The molecule has 0 aliphatic heterocycles. The Kier molecular flexibility index (Phi) is 5.79. The summed E-state index contributed by atoms with van der Waals surface area (Å²) in [5.41, 5.74) is 3.72. The Balaban J connectivity index is 1.81. The predicted molar refractivity (Wildman–Crippen MR) is 87.4 cm³/mol. The lowest BCUT2D eigenvalue weighted by atomic mass is 10.1. The molecule has 0 bridgehead atoms. The van der Waals surface area contributed by atoms with Crippen LogP contribution in [0.15, 0.2) is 59.7 Å². The van der Waals surface area contributed by atoms with Gasteiger partial charge in [0, 0.05) is 6.54 Å². The lowest BCUT2D eigenvalue weighted by molar-refractivity contribution is -0.139. The molecule has 2 aromatic rings. The van der Waals surface area contributed by atoms with Gasteiger partial charge in [0.15, 0.2) is 0 Å². The molecule has 2 aromatic carbocycles. The van der Waals surface area contributed by atoms with Crippen molar-refractivity contribution in [2.75, 3.05) is 0 Å². The average molecular weight is 325 g/mol. The largest absolute Gasteiger partial charge is 0.478 e. The van der Waals surface area contributed by atoms with Crippen LogP contribution in [-0.2, 0) is 16.1 Å². The minimum atomic E-state index is -1.03. The van der Waals surface area contributed by atoms with Gasteiger partial charge in [0.1, 0.15) is 0 Å². The van der Waals surface area contributed by atoms with Gasteiger partial charge in [-0.05, 0) is 23.3 Å². The number of amides is 2. The molecule has 0 atom stereocenters. The van der Waals surface area contributed by atoms with E-state index in [-0.39, 0.29) is 12.1 Å². The highest BCUT2D eigenvalue weighted by Crippen LogP contribution is 2.02. The molecule has 2 amide bonds. The van der Waals surface area contributed by atoms with E-state index in [4.69, 9.17) is 5.11 Å². The highest BCUT2D eigenvalue weighted by molar-refractivity contribution is 6.35. The van der Waals surface area contributed by atoms with E-state index in [1.54, 1.807) is 0 Å². The van der Waals surface area contributed by atoms with Crippen LogP contribution in [0.4, 0.5) is 0 Å². The number of hydrogen-bond donors (Lipinski definition) is 3. The van der Waals surface area contributed by atoms with Crippen molar-refractivity contribution < 1.29 is 19.5 Å². The summed E-state index contributed by atoms with van der Waals surface area (Å²) in [4.78, 5) is 33.9. The number of rotatable bonds is 5. The number of nitrogens with zero attached hydrogens (tertiary/aromatic N) is 1. The second-order valence-electron chi connectivity index (χ2n) is 4.79. The minimum Gasteiger partial charge on any atom is -0.478 e. The zero-order valence-electron chi connectivity index (χ0n) is 12.6. The van der Waals surface area contributed by atoms with Crippen molar-refractivity contribution in [3.8, 4) is 0 Å². The maximum absolute atomic E-state index is 11.6. The summed E-state index contributed by atoms with van der Waals surface area (Å²) in [7, 11) is 0. The summed E-state index contributed by atoms with van der Waals surface area (Å²) in [5.74, 6) is -2.71. The van der Waals surface area contributed by atoms with Gasteiger partial charge in [0.05, 0.1) is 11.8 Å². The normalized spacial score (nSPS) is 10.3. The molecule has 7 nitrogen and oxygen atoms in total. The first-order chi connectivity index (χ1) is 11.6. The first kappa shape index (κ1) is 16.9. The number of benzene rings is 2. The highest BCUT2D eigenvalue weighted by Gasteiger charge is 2.11. The predicted octanol–water partition coefficient (Wildman–Crippen LogP) is 1.15. The molecule has 0 aromatic heterocycles. The molecule has 0 unspecified atom stereocenters. The Labute approximate surface area is 138 Å². The molecule has 0 aliphatic rings. The number of hydrazone groups is 1. The summed E-state index contributed by atoms with van der Waals surface area (Å²) in [5, 5.41) is 14.9. The molecule has 7 heteroatoms. The van der Waals surface area contributed by atoms with E-state index in [1.807, 2.05) is 30.3 Å². The summed E-state index contributed by atoms with van der Waals surface area (Å²) < 4.78 is 0. The topological polar surface area (TPSA) is 108 Å². The third-order valence-corrected chi connectivity index (χ3v) is 3.04. The van der Waals surface area contributed by atoms with Crippen molar-refractivity contribution in [3.63, 3.8) is 0 Å². The van der Waals surface area contributed by atoms with Crippen LogP contribution in [0, 0.1) is 0 Å². The van der Waals surface area contributed by atoms with E-state index in [1.165, 1.54) is 30.5 Å². The molecule has 0 spiro atoms. The SMILES string of the molecule is O=C(NCc1ccccc1)C(=O)N/N=C\c1ccc(C(=O)O)cc1. The maximum Gasteiger partial charge on any atom is 0.335 e. The molecular formula is C17H15N3O4. The van der Waals surface area contributed by atoms with Gasteiger partial charge in [0.2, 0.25) is 0 Å². The van der Waals surface area contributed by atoms with Gasteiger partial charge in [0.25, 0.3) is 0 Å². The second-order valence-corrected chi connectivity index (χ2v) is 4.79. The van der Waals surface area contributed by atoms with E-state index in [0.29, 0.717) is 5.56 Å². The van der Waals surface area contributed by atoms with Crippen molar-refractivity contribution in [3.05, 3.63) is 71.3 Å². The lowest BCUT2D eigenvalue weighted by Gasteiger charge is -2.03. The standard InChI is InChI=1S/C17H15N3O4/c21-15(18-10-12-4-2-1-3-5-12)16(22)20-19-11-13-6-8-14(9-7-13)17(23)24/h1-9,11H,10H2,(H,18,21)(H,20,22)(H,23,24)/b19-11-. The van der Waals surface area contributed by atoms with Crippen LogP contribution in [-0.4, -0.2) is 29.1 Å². The lowest BCUT2D eigenvalue weighted by Crippen LogP contribution is -2.37. The van der Waals surface area contributed by atoms with E-state index >= 15 is 0 Å². The first-order valence-corrected chi connectivity index (χ1v) is 7.05. The van der Waals surface area contributed by atoms with Crippen LogP contribution in [0.2, 0.25) is 0 Å². The zero-order chi connectivity index (χ0) is 17.4. The fourth-order valence-corrected chi connectivity index (χ4v) is 1.79. The average Bonchev–Trinajstić information content (AvgIpc) is 2.61. The number of nitrogens with one attached hydrogen (secondary N) is 2. The van der Waals surface area contributed by atoms with Crippen LogP contribution in [0.3, 0.4) is 0 Å². The van der Waals surface area contributed by atoms with Gasteiger partial charge in [-0.15, -0.1) is 0 Å². The minimum absolute atomic E-state index is 0.150. The molecule has 0 saturated carbocycles. The van der Waals surface area contributed by atoms with Gasteiger partial charge in [-0.25, -0.2) is 10.2 Å². The van der Waals surface area contributed by atoms with E-state index in [9.17, 15) is 14.4 Å². The second kappa shape index (κ2) is 8.23. The van der Waals surface area contributed by atoms with Gasteiger partial charge in [-0.3, -0.25) is 9.59 Å². The molecule has 3 N–H and O–H groups in total. The van der Waals surface area contributed by atoms with Crippen LogP contribution in [0.5, 0.6) is 0 Å². The molecule has 0 fully saturated rings. The number of carboxylic acid groups (broad SMARTS) is 1. The smallest absolute Gasteiger partial charge is 0.335 e. The van der Waals surface area contributed by atoms with Gasteiger partial charge in [-0.2, -0.15) is 5.10 Å². The Hall–Kier alpha value is -3.48. The van der Waals surface area contributed by atoms with E-state index in [0.717, 1.165) is 5.56 Å². The monoisotopic (exact) mass is 325 g/mol. The molecule has 0 heterocycles.